The van der Waals surface area contributed by atoms with Crippen molar-refractivity contribution in [2.75, 3.05) is 30.8 Å². The highest BCUT2D eigenvalue weighted by molar-refractivity contribution is 7.91. The molecule has 1 aromatic carbocycles. The van der Waals surface area contributed by atoms with Crippen LogP contribution in [0.15, 0.2) is 29.2 Å². The molecule has 0 unspecified atom stereocenters. The predicted molar refractivity (Wildman–Crippen MR) is 71.1 cm³/mol. The highest BCUT2D eigenvalue weighted by atomic mass is 32.2. The highest BCUT2D eigenvalue weighted by Crippen LogP contribution is 2.21. The van der Waals surface area contributed by atoms with E-state index in [4.69, 9.17) is 9.84 Å². The molecule has 0 aliphatic heterocycles. The van der Waals surface area contributed by atoms with Gasteiger partial charge < -0.3 is 15.2 Å². The van der Waals surface area contributed by atoms with Gasteiger partial charge in [0.1, 0.15) is 6.61 Å². The molecule has 0 aliphatic carbocycles. The standard InChI is InChI=1S/C12H17NO5S/c1-2-19(16,17)11-6-4-3-5-10(11)13-7-8-18-9-12(14)15/h3-6,13H,2,7-9H2,1H3,(H,14,15). The van der Waals surface area contributed by atoms with Gasteiger partial charge in [-0.3, -0.25) is 0 Å². The quantitative estimate of drug-likeness (QED) is 0.693. The van der Waals surface area contributed by atoms with Crippen LogP contribution in [0.5, 0.6) is 0 Å². The van der Waals surface area contributed by atoms with Gasteiger partial charge >= 0.3 is 5.97 Å². The molecule has 6 nitrogen and oxygen atoms in total. The Kier molecular flexibility index (Phi) is 5.78. The van der Waals surface area contributed by atoms with Crippen molar-refractivity contribution in [3.05, 3.63) is 24.3 Å². The number of rotatable bonds is 8. The molecule has 0 aliphatic rings. The van der Waals surface area contributed by atoms with Crippen molar-refractivity contribution in [1.82, 2.24) is 0 Å². The largest absolute Gasteiger partial charge is 0.480 e. The topological polar surface area (TPSA) is 92.7 Å². The van der Waals surface area contributed by atoms with Crippen LogP contribution in [0.1, 0.15) is 6.92 Å². The Labute approximate surface area is 112 Å². The number of nitrogens with one attached hydrogen (secondary N) is 1. The molecule has 0 radical (unpaired) electrons. The monoisotopic (exact) mass is 287 g/mol. The van der Waals surface area contributed by atoms with Crippen molar-refractivity contribution in [1.29, 1.82) is 0 Å². The average Bonchev–Trinajstić information content (AvgIpc) is 2.38. The summed E-state index contributed by atoms with van der Waals surface area (Å²) in [4.78, 5) is 10.5. The Morgan fingerprint density at radius 3 is 2.68 bits per heavy atom. The first kappa shape index (κ1) is 15.5. The molecule has 0 saturated heterocycles. The Hall–Kier alpha value is -1.60. The summed E-state index contributed by atoms with van der Waals surface area (Å²) >= 11 is 0. The number of para-hydroxylation sites is 1. The normalized spacial score (nSPS) is 11.2. The molecule has 0 bridgehead atoms. The molecule has 2 N–H and O–H groups in total. The second kappa shape index (κ2) is 7.10. The number of carboxylic acid groups (broad SMARTS) is 1. The molecule has 0 amide bonds. The van der Waals surface area contributed by atoms with E-state index >= 15 is 0 Å². The van der Waals surface area contributed by atoms with E-state index in [0.29, 0.717) is 12.2 Å². The lowest BCUT2D eigenvalue weighted by atomic mass is 10.3. The third-order valence-electron chi connectivity index (χ3n) is 2.39. The van der Waals surface area contributed by atoms with E-state index < -0.39 is 15.8 Å². The summed E-state index contributed by atoms with van der Waals surface area (Å²) in [5.74, 6) is -1.00. The molecule has 106 valence electrons. The number of ether oxygens (including phenoxy) is 1. The van der Waals surface area contributed by atoms with E-state index in [0.717, 1.165) is 0 Å². The Bertz CT molecular complexity index is 527. The van der Waals surface area contributed by atoms with Crippen LogP contribution >= 0.6 is 0 Å². The van der Waals surface area contributed by atoms with Crippen molar-refractivity contribution in [2.24, 2.45) is 0 Å². The van der Waals surface area contributed by atoms with E-state index in [2.05, 4.69) is 5.32 Å². The number of aliphatic carboxylic acids is 1. The fourth-order valence-electron chi connectivity index (χ4n) is 1.46. The molecule has 7 heteroatoms. The summed E-state index contributed by atoms with van der Waals surface area (Å²) in [7, 11) is -3.28. The van der Waals surface area contributed by atoms with E-state index in [1.807, 2.05) is 0 Å². The van der Waals surface area contributed by atoms with Gasteiger partial charge in [-0.15, -0.1) is 0 Å². The molecule has 0 heterocycles. The third-order valence-corrected chi connectivity index (χ3v) is 4.18. The van der Waals surface area contributed by atoms with Crippen LogP contribution in [0, 0.1) is 0 Å². The lowest BCUT2D eigenvalue weighted by Crippen LogP contribution is -2.15. The minimum absolute atomic E-state index is 0.0290. The molecule has 0 spiro atoms. The molecule has 0 aromatic heterocycles. The van der Waals surface area contributed by atoms with Gasteiger partial charge in [-0.25, -0.2) is 13.2 Å². The van der Waals surface area contributed by atoms with Crippen LogP contribution in [-0.2, 0) is 19.4 Å². The first-order chi connectivity index (χ1) is 8.97. The second-order valence-corrected chi connectivity index (χ2v) is 6.02. The summed E-state index contributed by atoms with van der Waals surface area (Å²) in [6, 6.07) is 6.60. The van der Waals surface area contributed by atoms with E-state index in [1.165, 1.54) is 0 Å². The molecule has 0 fully saturated rings. The SMILES string of the molecule is CCS(=O)(=O)c1ccccc1NCCOCC(=O)O. The van der Waals surface area contributed by atoms with Crippen molar-refractivity contribution in [3.8, 4) is 0 Å². The second-order valence-electron chi connectivity index (χ2n) is 3.77. The first-order valence-electron chi connectivity index (χ1n) is 5.82. The number of carbonyl (C=O) groups is 1. The third kappa shape index (κ3) is 4.88. The fraction of sp³-hybridized carbons (Fsp3) is 0.417. The van der Waals surface area contributed by atoms with Crippen molar-refractivity contribution < 1.29 is 23.1 Å². The summed E-state index contributed by atoms with van der Waals surface area (Å²) in [6.45, 7) is 1.75. The van der Waals surface area contributed by atoms with Crippen LogP contribution in [0.25, 0.3) is 0 Å². The maximum atomic E-state index is 11.9. The minimum Gasteiger partial charge on any atom is -0.480 e. The fourth-order valence-corrected chi connectivity index (χ4v) is 2.53. The number of carboxylic acids is 1. The zero-order chi connectivity index (χ0) is 14.3. The van der Waals surface area contributed by atoms with Crippen LogP contribution < -0.4 is 5.32 Å². The van der Waals surface area contributed by atoms with E-state index in [-0.39, 0.29) is 23.9 Å². The van der Waals surface area contributed by atoms with Gasteiger partial charge in [-0.1, -0.05) is 19.1 Å². The maximum absolute atomic E-state index is 11.9. The Morgan fingerprint density at radius 2 is 2.05 bits per heavy atom. The number of hydrogen-bond acceptors (Lipinski definition) is 5. The highest BCUT2D eigenvalue weighted by Gasteiger charge is 2.15. The molecule has 1 rings (SSSR count). The zero-order valence-electron chi connectivity index (χ0n) is 10.6. The molecule has 0 atom stereocenters. The van der Waals surface area contributed by atoms with Crippen LogP contribution in [0.2, 0.25) is 0 Å². The summed E-state index contributed by atoms with van der Waals surface area (Å²) in [6.07, 6.45) is 0. The number of sulfone groups is 1. The molecule has 1 aromatic rings. The number of benzene rings is 1. The van der Waals surface area contributed by atoms with Gasteiger partial charge in [0, 0.05) is 6.54 Å². The van der Waals surface area contributed by atoms with Gasteiger partial charge in [0.05, 0.1) is 22.9 Å². The van der Waals surface area contributed by atoms with Gasteiger partial charge in [-0.05, 0) is 12.1 Å². The van der Waals surface area contributed by atoms with Crippen molar-refractivity contribution in [3.63, 3.8) is 0 Å². The van der Waals surface area contributed by atoms with Crippen molar-refractivity contribution >= 4 is 21.5 Å². The lowest BCUT2D eigenvalue weighted by Gasteiger charge is -2.11. The smallest absolute Gasteiger partial charge is 0.329 e. The Morgan fingerprint density at radius 1 is 1.37 bits per heavy atom. The van der Waals surface area contributed by atoms with Crippen LogP contribution in [0.3, 0.4) is 0 Å². The lowest BCUT2D eigenvalue weighted by molar-refractivity contribution is -0.142. The average molecular weight is 287 g/mol. The van der Waals surface area contributed by atoms with Crippen LogP contribution in [-0.4, -0.2) is 45.0 Å². The predicted octanol–water partition coefficient (Wildman–Crippen LogP) is 0.993. The molecule has 0 saturated carbocycles. The number of anilines is 1. The first-order valence-corrected chi connectivity index (χ1v) is 7.48. The number of hydrogen-bond donors (Lipinski definition) is 2. The Balaban J connectivity index is 2.62. The molecule has 19 heavy (non-hydrogen) atoms. The molecular formula is C12H17NO5S. The zero-order valence-corrected chi connectivity index (χ0v) is 11.4. The van der Waals surface area contributed by atoms with Gasteiger partial charge in [0.2, 0.25) is 0 Å². The van der Waals surface area contributed by atoms with Gasteiger partial charge in [-0.2, -0.15) is 0 Å². The van der Waals surface area contributed by atoms with Crippen LogP contribution in [0.4, 0.5) is 5.69 Å². The summed E-state index contributed by atoms with van der Waals surface area (Å²) in [5.41, 5.74) is 0.503. The maximum Gasteiger partial charge on any atom is 0.329 e. The van der Waals surface area contributed by atoms with E-state index in [9.17, 15) is 13.2 Å². The molecular weight excluding hydrogens is 270 g/mol. The van der Waals surface area contributed by atoms with Crippen molar-refractivity contribution in [2.45, 2.75) is 11.8 Å². The van der Waals surface area contributed by atoms with E-state index in [1.54, 1.807) is 31.2 Å². The van der Waals surface area contributed by atoms with Gasteiger partial charge in [0.15, 0.2) is 9.84 Å². The summed E-state index contributed by atoms with van der Waals surface area (Å²) in [5, 5.41) is 11.3. The summed E-state index contributed by atoms with van der Waals surface area (Å²) < 4.78 is 28.6. The van der Waals surface area contributed by atoms with Gasteiger partial charge in [0.25, 0.3) is 0 Å². The minimum atomic E-state index is -3.28.